The maximum Gasteiger partial charge on any atom is 0.227 e. The largest absolute Gasteiger partial charge is 0.336 e. The van der Waals surface area contributed by atoms with Gasteiger partial charge < -0.3 is 4.90 Å². The lowest BCUT2D eigenvalue weighted by Crippen LogP contribution is -2.41. The van der Waals surface area contributed by atoms with E-state index >= 15 is 0 Å². The fourth-order valence-corrected chi connectivity index (χ4v) is 2.55. The topological polar surface area (TPSA) is 20.3 Å². The SMILES string of the molecule is CC(C)c1cccc2c1CC(=O)N(C(C)C)C2. The highest BCUT2D eigenvalue weighted by molar-refractivity contribution is 5.81. The van der Waals surface area contributed by atoms with Crippen LogP contribution in [0, 0.1) is 0 Å². The van der Waals surface area contributed by atoms with Crippen molar-refractivity contribution in [3.8, 4) is 0 Å². The molecule has 2 nitrogen and oxygen atoms in total. The first kappa shape index (κ1) is 12.2. The van der Waals surface area contributed by atoms with Crippen LogP contribution >= 0.6 is 0 Å². The highest BCUT2D eigenvalue weighted by Crippen LogP contribution is 2.28. The zero-order valence-corrected chi connectivity index (χ0v) is 11.2. The summed E-state index contributed by atoms with van der Waals surface area (Å²) in [7, 11) is 0. The molecule has 1 aromatic rings. The third-order valence-electron chi connectivity index (χ3n) is 3.54. The molecule has 0 aromatic heterocycles. The summed E-state index contributed by atoms with van der Waals surface area (Å²) >= 11 is 0. The van der Waals surface area contributed by atoms with Crippen molar-refractivity contribution in [3.05, 3.63) is 34.9 Å². The molecule has 1 aromatic carbocycles. The molecule has 0 bridgehead atoms. The molecule has 17 heavy (non-hydrogen) atoms. The van der Waals surface area contributed by atoms with Crippen molar-refractivity contribution in [1.29, 1.82) is 0 Å². The van der Waals surface area contributed by atoms with Gasteiger partial charge in [0, 0.05) is 12.6 Å². The summed E-state index contributed by atoms with van der Waals surface area (Å²) in [5, 5.41) is 0. The van der Waals surface area contributed by atoms with Crippen LogP contribution in [0.5, 0.6) is 0 Å². The zero-order chi connectivity index (χ0) is 12.6. The van der Waals surface area contributed by atoms with Gasteiger partial charge in [0.15, 0.2) is 0 Å². The molecular formula is C15H21NO. The monoisotopic (exact) mass is 231 g/mol. The summed E-state index contributed by atoms with van der Waals surface area (Å²) in [4.78, 5) is 14.1. The minimum absolute atomic E-state index is 0.264. The number of hydrogen-bond acceptors (Lipinski definition) is 1. The van der Waals surface area contributed by atoms with E-state index in [1.165, 1.54) is 16.7 Å². The van der Waals surface area contributed by atoms with E-state index in [9.17, 15) is 4.79 Å². The van der Waals surface area contributed by atoms with E-state index in [2.05, 4.69) is 45.9 Å². The van der Waals surface area contributed by atoms with E-state index in [0.29, 0.717) is 18.4 Å². The second-order valence-corrected chi connectivity index (χ2v) is 5.43. The molecule has 0 atom stereocenters. The number of carbonyl (C=O) groups excluding carboxylic acids is 1. The maximum absolute atomic E-state index is 12.1. The number of hydrogen-bond donors (Lipinski definition) is 0. The standard InChI is InChI=1S/C15H21NO/c1-10(2)13-7-5-6-12-9-16(11(3)4)15(17)8-14(12)13/h5-7,10-11H,8-9H2,1-4H3. The molecular weight excluding hydrogens is 210 g/mol. The van der Waals surface area contributed by atoms with Crippen LogP contribution in [0.25, 0.3) is 0 Å². The Labute approximate surface area is 104 Å². The van der Waals surface area contributed by atoms with Gasteiger partial charge in [-0.05, 0) is 36.5 Å². The minimum Gasteiger partial charge on any atom is -0.336 e. The number of nitrogens with zero attached hydrogens (tertiary/aromatic N) is 1. The van der Waals surface area contributed by atoms with Crippen molar-refractivity contribution < 1.29 is 4.79 Å². The molecule has 2 rings (SSSR count). The number of carbonyl (C=O) groups is 1. The van der Waals surface area contributed by atoms with Gasteiger partial charge in [0.25, 0.3) is 0 Å². The number of fused-ring (bicyclic) bond motifs is 1. The van der Waals surface area contributed by atoms with E-state index in [1.807, 2.05) is 4.90 Å². The predicted octanol–water partition coefficient (Wildman–Crippen LogP) is 3.10. The molecule has 0 unspecified atom stereocenters. The van der Waals surface area contributed by atoms with Gasteiger partial charge in [0.2, 0.25) is 5.91 Å². The Bertz CT molecular complexity index is 435. The van der Waals surface area contributed by atoms with Crippen molar-refractivity contribution in [1.82, 2.24) is 4.90 Å². The Morgan fingerprint density at radius 2 is 1.88 bits per heavy atom. The second kappa shape index (κ2) is 4.52. The smallest absolute Gasteiger partial charge is 0.227 e. The molecule has 1 aliphatic heterocycles. The molecule has 0 saturated heterocycles. The number of benzene rings is 1. The zero-order valence-electron chi connectivity index (χ0n) is 11.2. The third-order valence-corrected chi connectivity index (χ3v) is 3.54. The average Bonchev–Trinajstić information content (AvgIpc) is 2.26. The van der Waals surface area contributed by atoms with Gasteiger partial charge in [0.05, 0.1) is 6.42 Å². The quantitative estimate of drug-likeness (QED) is 0.766. The van der Waals surface area contributed by atoms with E-state index in [0.717, 1.165) is 6.54 Å². The Balaban J connectivity index is 2.41. The van der Waals surface area contributed by atoms with Gasteiger partial charge >= 0.3 is 0 Å². The highest BCUT2D eigenvalue weighted by Gasteiger charge is 2.26. The lowest BCUT2D eigenvalue weighted by atomic mass is 9.88. The predicted molar refractivity (Wildman–Crippen MR) is 69.9 cm³/mol. The maximum atomic E-state index is 12.1. The van der Waals surface area contributed by atoms with Crippen LogP contribution in [0.4, 0.5) is 0 Å². The van der Waals surface area contributed by atoms with Gasteiger partial charge in [-0.15, -0.1) is 0 Å². The molecule has 0 N–H and O–H groups in total. The molecule has 0 radical (unpaired) electrons. The Morgan fingerprint density at radius 1 is 1.18 bits per heavy atom. The van der Waals surface area contributed by atoms with Crippen molar-refractivity contribution in [2.75, 3.05) is 0 Å². The molecule has 2 heteroatoms. The van der Waals surface area contributed by atoms with Crippen LogP contribution in [0.3, 0.4) is 0 Å². The van der Waals surface area contributed by atoms with Gasteiger partial charge in [-0.25, -0.2) is 0 Å². The fourth-order valence-electron chi connectivity index (χ4n) is 2.55. The molecule has 92 valence electrons. The summed E-state index contributed by atoms with van der Waals surface area (Å²) in [5.41, 5.74) is 3.92. The van der Waals surface area contributed by atoms with E-state index < -0.39 is 0 Å². The van der Waals surface area contributed by atoms with Crippen LogP contribution in [0.15, 0.2) is 18.2 Å². The lowest BCUT2D eigenvalue weighted by molar-refractivity contribution is -0.133. The Kier molecular flexibility index (Phi) is 3.23. The van der Waals surface area contributed by atoms with Crippen LogP contribution in [-0.4, -0.2) is 16.8 Å². The summed E-state index contributed by atoms with van der Waals surface area (Å²) in [6.07, 6.45) is 0.571. The summed E-state index contributed by atoms with van der Waals surface area (Å²) in [6.45, 7) is 9.31. The molecule has 1 aliphatic rings. The van der Waals surface area contributed by atoms with E-state index in [-0.39, 0.29) is 5.91 Å². The van der Waals surface area contributed by atoms with Crippen LogP contribution < -0.4 is 0 Å². The third kappa shape index (κ3) is 2.21. The lowest BCUT2D eigenvalue weighted by Gasteiger charge is -2.33. The highest BCUT2D eigenvalue weighted by atomic mass is 16.2. The van der Waals surface area contributed by atoms with Crippen molar-refractivity contribution in [2.24, 2.45) is 0 Å². The Morgan fingerprint density at radius 3 is 2.47 bits per heavy atom. The molecule has 0 fully saturated rings. The summed E-state index contributed by atoms with van der Waals surface area (Å²) < 4.78 is 0. The normalized spacial score (nSPS) is 15.6. The molecule has 0 spiro atoms. The first-order chi connectivity index (χ1) is 8.00. The van der Waals surface area contributed by atoms with Gasteiger partial charge in [-0.1, -0.05) is 32.0 Å². The first-order valence-corrected chi connectivity index (χ1v) is 6.40. The minimum atomic E-state index is 0.264. The Hall–Kier alpha value is -1.31. The van der Waals surface area contributed by atoms with Crippen LogP contribution in [-0.2, 0) is 17.8 Å². The number of amides is 1. The molecule has 1 amide bonds. The van der Waals surface area contributed by atoms with Crippen molar-refractivity contribution >= 4 is 5.91 Å². The number of rotatable bonds is 2. The van der Waals surface area contributed by atoms with E-state index in [1.54, 1.807) is 0 Å². The molecule has 0 saturated carbocycles. The van der Waals surface area contributed by atoms with Crippen LogP contribution in [0.1, 0.15) is 50.3 Å². The van der Waals surface area contributed by atoms with Gasteiger partial charge in [0.1, 0.15) is 0 Å². The van der Waals surface area contributed by atoms with Crippen molar-refractivity contribution in [3.63, 3.8) is 0 Å². The van der Waals surface area contributed by atoms with Crippen LogP contribution in [0.2, 0.25) is 0 Å². The summed E-state index contributed by atoms with van der Waals surface area (Å²) in [6, 6.07) is 6.71. The van der Waals surface area contributed by atoms with Gasteiger partial charge in [-0.3, -0.25) is 4.79 Å². The summed E-state index contributed by atoms with van der Waals surface area (Å²) in [5.74, 6) is 0.754. The average molecular weight is 231 g/mol. The molecule has 0 aliphatic carbocycles. The second-order valence-electron chi connectivity index (χ2n) is 5.43. The molecule has 1 heterocycles. The first-order valence-electron chi connectivity index (χ1n) is 6.40. The fraction of sp³-hybridized carbons (Fsp3) is 0.533. The van der Waals surface area contributed by atoms with Crippen molar-refractivity contribution in [2.45, 2.75) is 52.6 Å². The van der Waals surface area contributed by atoms with Gasteiger partial charge in [-0.2, -0.15) is 0 Å². The van der Waals surface area contributed by atoms with E-state index in [4.69, 9.17) is 0 Å².